The van der Waals surface area contributed by atoms with E-state index >= 15 is 0 Å². The van der Waals surface area contributed by atoms with Crippen molar-refractivity contribution in [1.82, 2.24) is 39.7 Å². The molecule has 17 heteroatoms. The minimum Gasteiger partial charge on any atom is -0.384 e. The van der Waals surface area contributed by atoms with Gasteiger partial charge in [0.05, 0.1) is 46.9 Å². The van der Waals surface area contributed by atoms with Crippen LogP contribution in [0.5, 0.6) is 0 Å². The molecule has 17 nitrogen and oxygen atoms in total. The molecule has 0 aliphatic carbocycles. The van der Waals surface area contributed by atoms with Crippen molar-refractivity contribution in [1.29, 1.82) is 5.26 Å². The fourth-order valence-corrected chi connectivity index (χ4v) is 7.75. The molecule has 0 radical (unpaired) electrons. The Morgan fingerprint density at radius 2 is 1.03 bits per heavy atom. The fourth-order valence-electron chi connectivity index (χ4n) is 7.75. The van der Waals surface area contributed by atoms with Gasteiger partial charge in [0.2, 0.25) is 0 Å². The van der Waals surface area contributed by atoms with E-state index < -0.39 is 0 Å². The first-order valence-corrected chi connectivity index (χ1v) is 22.0. The van der Waals surface area contributed by atoms with Crippen LogP contribution in [0.2, 0.25) is 0 Å². The van der Waals surface area contributed by atoms with Gasteiger partial charge in [-0.1, -0.05) is 54.6 Å². The van der Waals surface area contributed by atoms with E-state index in [1.165, 1.54) is 0 Å². The van der Waals surface area contributed by atoms with Gasteiger partial charge in [-0.25, -0.2) is 29.5 Å². The van der Waals surface area contributed by atoms with E-state index in [-0.39, 0.29) is 12.1 Å². The number of nitrogens with zero attached hydrogens (tertiary/aromatic N) is 7. The number of hydrogen-bond donors (Lipinski definition) is 6. The van der Waals surface area contributed by atoms with Crippen molar-refractivity contribution in [3.63, 3.8) is 0 Å². The first-order chi connectivity index (χ1) is 32.3. The van der Waals surface area contributed by atoms with E-state index in [1.54, 1.807) is 38.5 Å². The summed E-state index contributed by atoms with van der Waals surface area (Å²) >= 11 is 0. The highest BCUT2D eigenvalue weighted by Gasteiger charge is 2.19. The van der Waals surface area contributed by atoms with Gasteiger partial charge in [-0.05, 0) is 74.2 Å². The fraction of sp³-hybridized carbons (Fsp3) is 0.286. The first-order valence-electron chi connectivity index (χ1n) is 22.0. The second kappa shape index (κ2) is 22.7. The van der Waals surface area contributed by atoms with E-state index in [0.29, 0.717) is 67.5 Å². The van der Waals surface area contributed by atoms with E-state index in [4.69, 9.17) is 36.2 Å². The Hall–Kier alpha value is -7.81. The van der Waals surface area contributed by atoms with Gasteiger partial charge in [-0.2, -0.15) is 5.26 Å². The number of hydrogen-bond acceptors (Lipinski definition) is 11. The van der Waals surface area contributed by atoms with Gasteiger partial charge in [0.25, 0.3) is 0 Å². The lowest BCUT2D eigenvalue weighted by Crippen LogP contribution is -2.29. The minimum atomic E-state index is -0.275. The number of unbranched alkanes of at least 4 members (excludes halogenated alkanes) is 2. The summed E-state index contributed by atoms with van der Waals surface area (Å²) in [4.78, 5) is 42.8. The molecule has 0 spiro atoms. The SMILES string of the molecule is COCCc1nc2c(N)nc3ccccc3c2n1CCCCNC(=O)Nc1ccc(C#N)cc1.COCCc1nc2c(N)nc3ccccc3c2n1CCCCNC(=O)Nc1ccccc1. The van der Waals surface area contributed by atoms with E-state index in [0.717, 1.165) is 94.5 Å². The van der Waals surface area contributed by atoms with Crippen molar-refractivity contribution >= 4 is 78.9 Å². The van der Waals surface area contributed by atoms with Crippen LogP contribution in [0.15, 0.2) is 103 Å². The average Bonchev–Trinajstić information content (AvgIpc) is 3.90. The summed E-state index contributed by atoms with van der Waals surface area (Å²) in [5.41, 5.74) is 19.6. The molecule has 4 aromatic carbocycles. The summed E-state index contributed by atoms with van der Waals surface area (Å²) in [7, 11) is 3.36. The molecular formula is C49H55N13O4. The number of rotatable bonds is 18. The summed E-state index contributed by atoms with van der Waals surface area (Å²) in [6, 6.07) is 33.6. The van der Waals surface area contributed by atoms with Crippen molar-refractivity contribution < 1.29 is 19.1 Å². The zero-order valence-corrected chi connectivity index (χ0v) is 37.2. The molecule has 8 aromatic rings. The number of nitriles is 1. The predicted molar refractivity (Wildman–Crippen MR) is 260 cm³/mol. The molecule has 0 unspecified atom stereocenters. The molecule has 0 saturated carbocycles. The van der Waals surface area contributed by atoms with Crippen molar-refractivity contribution in [3.8, 4) is 6.07 Å². The highest BCUT2D eigenvalue weighted by molar-refractivity contribution is 6.07. The second-order valence-electron chi connectivity index (χ2n) is 15.5. The van der Waals surface area contributed by atoms with Crippen molar-refractivity contribution in [2.24, 2.45) is 0 Å². The van der Waals surface area contributed by atoms with Gasteiger partial charge in [-0.15, -0.1) is 0 Å². The van der Waals surface area contributed by atoms with Gasteiger partial charge < -0.3 is 51.3 Å². The minimum absolute atomic E-state index is 0.199. The number of carbonyl (C=O) groups is 2. The van der Waals surface area contributed by atoms with Gasteiger partial charge in [0.1, 0.15) is 22.7 Å². The number of aryl methyl sites for hydroxylation is 2. The number of ether oxygens (including phenoxy) is 2. The van der Waals surface area contributed by atoms with Crippen LogP contribution < -0.4 is 32.7 Å². The van der Waals surface area contributed by atoms with Gasteiger partial charge in [0, 0.05) is 75.4 Å². The number of nitrogens with one attached hydrogen (secondary N) is 4. The Kier molecular flexibility index (Phi) is 15.9. The van der Waals surface area contributed by atoms with E-state index in [9.17, 15) is 9.59 Å². The Balaban J connectivity index is 0.000000197. The van der Waals surface area contributed by atoms with Gasteiger partial charge >= 0.3 is 12.1 Å². The molecule has 0 bridgehead atoms. The highest BCUT2D eigenvalue weighted by Crippen LogP contribution is 2.31. The molecule has 8 N–H and O–H groups in total. The van der Waals surface area contributed by atoms with Gasteiger partial charge in [0.15, 0.2) is 11.6 Å². The topological polar surface area (TPSA) is 238 Å². The van der Waals surface area contributed by atoms with Crippen LogP contribution in [-0.4, -0.2) is 81.7 Å². The molecule has 0 saturated heterocycles. The number of anilines is 4. The lowest BCUT2D eigenvalue weighted by molar-refractivity contribution is 0.199. The number of imidazole rings is 2. The number of nitrogens with two attached hydrogens (primary N) is 2. The number of carbonyl (C=O) groups excluding carboxylic acids is 2. The van der Waals surface area contributed by atoms with Crippen LogP contribution in [0, 0.1) is 11.3 Å². The maximum absolute atomic E-state index is 12.2. The third kappa shape index (κ3) is 11.5. The molecule has 0 aliphatic heterocycles. The number of methoxy groups -OCH3 is 2. The summed E-state index contributed by atoms with van der Waals surface area (Å²) in [5.74, 6) is 2.71. The summed E-state index contributed by atoms with van der Waals surface area (Å²) in [5, 5.41) is 22.3. The number of nitrogen functional groups attached to an aromatic ring is 2. The van der Waals surface area contributed by atoms with Crippen molar-refractivity contribution in [2.45, 2.75) is 51.6 Å². The zero-order valence-electron chi connectivity index (χ0n) is 37.2. The summed E-state index contributed by atoms with van der Waals surface area (Å²) in [6.45, 7) is 3.77. The lowest BCUT2D eigenvalue weighted by Gasteiger charge is -2.12. The quantitative estimate of drug-likeness (QED) is 0.0455. The zero-order chi connectivity index (χ0) is 46.3. The summed E-state index contributed by atoms with van der Waals surface area (Å²) in [6.07, 6.45) is 4.72. The largest absolute Gasteiger partial charge is 0.384 e. The lowest BCUT2D eigenvalue weighted by atomic mass is 10.2. The third-order valence-electron chi connectivity index (χ3n) is 10.9. The third-order valence-corrected chi connectivity index (χ3v) is 10.9. The molecule has 0 aliphatic rings. The normalized spacial score (nSPS) is 11.0. The maximum atomic E-state index is 12.2. The molecule has 4 amide bonds. The molecule has 0 fully saturated rings. The first kappa shape index (κ1) is 46.2. The van der Waals surface area contributed by atoms with Crippen LogP contribution in [0.25, 0.3) is 43.9 Å². The van der Waals surface area contributed by atoms with Crippen LogP contribution >= 0.6 is 0 Å². The Morgan fingerprint density at radius 3 is 1.48 bits per heavy atom. The highest BCUT2D eigenvalue weighted by atomic mass is 16.5. The van der Waals surface area contributed by atoms with Crippen molar-refractivity contribution in [2.75, 3.05) is 62.6 Å². The number of fused-ring (bicyclic) bond motifs is 6. The number of pyridine rings is 2. The second-order valence-corrected chi connectivity index (χ2v) is 15.5. The van der Waals surface area contributed by atoms with Crippen LogP contribution in [0.1, 0.15) is 42.9 Å². The van der Waals surface area contributed by atoms with Crippen LogP contribution in [0.3, 0.4) is 0 Å². The smallest absolute Gasteiger partial charge is 0.319 e. The molecule has 340 valence electrons. The Morgan fingerprint density at radius 1 is 0.591 bits per heavy atom. The predicted octanol–water partition coefficient (Wildman–Crippen LogP) is 7.79. The molecule has 66 heavy (non-hydrogen) atoms. The number of aromatic nitrogens is 6. The Bertz CT molecular complexity index is 2950. The standard InChI is InChI=1S/C25H27N7O2.C24H28N6O2/c1-34-15-12-21-31-22-23(19-6-2-3-7-20(19)30-24(22)27)32(21)14-5-4-13-28-25(33)29-18-10-8-17(16-26)9-11-18;1-32-16-13-20-29-21-22(18-11-5-6-12-19(18)28-23(21)25)30(20)15-8-7-14-26-24(31)27-17-9-3-2-4-10-17/h2-3,6-11H,4-5,12-15H2,1H3,(H2,27,30)(H2,28,29,33);2-6,9-12H,7-8,13-16H2,1H3,(H2,25,28)(H2,26,27,31). The number of benzene rings is 4. The van der Waals surface area contributed by atoms with Crippen LogP contribution in [0.4, 0.5) is 32.6 Å². The monoisotopic (exact) mass is 889 g/mol. The van der Waals surface area contributed by atoms with Crippen LogP contribution in [-0.2, 0) is 35.4 Å². The Labute approximate surface area is 382 Å². The molecule has 8 rings (SSSR count). The van der Waals surface area contributed by atoms with E-state index in [1.807, 2.05) is 72.8 Å². The van der Waals surface area contributed by atoms with E-state index in [2.05, 4.69) is 52.5 Å². The molecular weight excluding hydrogens is 835 g/mol. The molecule has 4 heterocycles. The number of amides is 4. The maximum Gasteiger partial charge on any atom is 0.319 e. The number of urea groups is 2. The number of para-hydroxylation sites is 3. The molecule has 0 atom stereocenters. The van der Waals surface area contributed by atoms with Gasteiger partial charge in [-0.3, -0.25) is 0 Å². The average molecular weight is 890 g/mol. The summed E-state index contributed by atoms with van der Waals surface area (Å²) < 4.78 is 15.0. The van der Waals surface area contributed by atoms with Crippen molar-refractivity contribution in [3.05, 3.63) is 120 Å². The molecule has 4 aromatic heterocycles.